The Balaban J connectivity index is 2.65. The van der Waals surface area contributed by atoms with Crippen molar-refractivity contribution in [1.29, 1.82) is 0 Å². The second-order valence-electron chi connectivity index (χ2n) is 4.77. The van der Waals surface area contributed by atoms with Gasteiger partial charge in [0.15, 0.2) is 0 Å². The molecule has 1 aromatic rings. The first-order valence-corrected chi connectivity index (χ1v) is 6.35. The zero-order valence-corrected chi connectivity index (χ0v) is 12.1. The van der Waals surface area contributed by atoms with E-state index in [1.807, 2.05) is 0 Å². The van der Waals surface area contributed by atoms with Crippen LogP contribution in [0.3, 0.4) is 0 Å². The van der Waals surface area contributed by atoms with Crippen molar-refractivity contribution in [3.63, 3.8) is 0 Å². The fourth-order valence-electron chi connectivity index (χ4n) is 1.96. The maximum Gasteiger partial charge on any atom is 0.326 e. The summed E-state index contributed by atoms with van der Waals surface area (Å²) in [5.41, 5.74) is 5.73. The molecule has 0 aromatic carbocycles. The van der Waals surface area contributed by atoms with Crippen molar-refractivity contribution in [3.05, 3.63) is 23.2 Å². The molecule has 0 aliphatic carbocycles. The molecule has 0 bridgehead atoms. The van der Waals surface area contributed by atoms with E-state index in [1.54, 1.807) is 26.8 Å². The predicted octanol–water partition coefficient (Wildman–Crippen LogP) is 0.585. The molecule has 3 amide bonds. The Morgan fingerprint density at radius 2 is 1.95 bits per heavy atom. The van der Waals surface area contributed by atoms with E-state index in [0.717, 1.165) is 5.56 Å². The van der Waals surface area contributed by atoms with Gasteiger partial charge >= 0.3 is 12.0 Å². The molecule has 8 heteroatoms. The first-order chi connectivity index (χ1) is 9.70. The largest absolute Gasteiger partial charge is 0.480 e. The molecule has 0 saturated heterocycles. The highest BCUT2D eigenvalue weighted by Crippen LogP contribution is 2.20. The number of aryl methyl sites for hydroxylation is 2. The summed E-state index contributed by atoms with van der Waals surface area (Å²) < 4.78 is 5.36. The number of hydrogen-bond acceptors (Lipinski definition) is 4. The summed E-state index contributed by atoms with van der Waals surface area (Å²) in [5, 5.41) is 13.7. The van der Waals surface area contributed by atoms with Gasteiger partial charge in [-0.25, -0.2) is 9.59 Å². The standard InChI is InChI=1S/C13H19N3O5/c1-6-4-9(8(3)21-6)7(2)15-13(20)16-10(12(18)19)5-11(14)17/h4,7,10H,5H2,1-3H3,(H2,14,17)(H,18,19)(H2,15,16,20)/t7?,10-/m1/s1. The van der Waals surface area contributed by atoms with Crippen LogP contribution in [0.4, 0.5) is 4.79 Å². The van der Waals surface area contributed by atoms with Gasteiger partial charge in [-0.15, -0.1) is 0 Å². The molecular weight excluding hydrogens is 278 g/mol. The zero-order chi connectivity index (χ0) is 16.2. The van der Waals surface area contributed by atoms with Crippen LogP contribution >= 0.6 is 0 Å². The van der Waals surface area contributed by atoms with Crippen LogP contribution in [0.2, 0.25) is 0 Å². The van der Waals surface area contributed by atoms with E-state index in [-0.39, 0.29) is 6.04 Å². The fraction of sp³-hybridized carbons (Fsp3) is 0.462. The highest BCUT2D eigenvalue weighted by atomic mass is 16.4. The van der Waals surface area contributed by atoms with Crippen LogP contribution in [0.25, 0.3) is 0 Å². The van der Waals surface area contributed by atoms with Crippen LogP contribution in [0.15, 0.2) is 10.5 Å². The molecular formula is C13H19N3O5. The van der Waals surface area contributed by atoms with Gasteiger partial charge in [0.05, 0.1) is 12.5 Å². The highest BCUT2D eigenvalue weighted by Gasteiger charge is 2.23. The minimum atomic E-state index is -1.36. The minimum absolute atomic E-state index is 0.370. The lowest BCUT2D eigenvalue weighted by Gasteiger charge is -2.17. The van der Waals surface area contributed by atoms with Gasteiger partial charge < -0.3 is 25.9 Å². The summed E-state index contributed by atoms with van der Waals surface area (Å²) in [6.45, 7) is 5.29. The summed E-state index contributed by atoms with van der Waals surface area (Å²) in [5.74, 6) is -0.745. The van der Waals surface area contributed by atoms with Gasteiger partial charge in [-0.05, 0) is 26.8 Å². The number of hydrogen-bond donors (Lipinski definition) is 4. The number of aliphatic carboxylic acids is 1. The predicted molar refractivity (Wildman–Crippen MR) is 73.5 cm³/mol. The van der Waals surface area contributed by atoms with Gasteiger partial charge in [0.2, 0.25) is 5.91 Å². The molecule has 0 saturated carbocycles. The van der Waals surface area contributed by atoms with Crippen LogP contribution in [0.5, 0.6) is 0 Å². The molecule has 116 valence electrons. The molecule has 5 N–H and O–H groups in total. The minimum Gasteiger partial charge on any atom is -0.480 e. The smallest absolute Gasteiger partial charge is 0.326 e. The molecule has 8 nitrogen and oxygen atoms in total. The molecule has 1 aromatic heterocycles. The van der Waals surface area contributed by atoms with E-state index in [2.05, 4.69) is 10.6 Å². The van der Waals surface area contributed by atoms with Gasteiger partial charge in [0, 0.05) is 5.56 Å². The van der Waals surface area contributed by atoms with Crippen molar-refractivity contribution < 1.29 is 23.9 Å². The van der Waals surface area contributed by atoms with Gasteiger partial charge in [0.25, 0.3) is 0 Å². The molecule has 0 fully saturated rings. The topological polar surface area (TPSA) is 135 Å². The summed E-state index contributed by atoms with van der Waals surface area (Å²) in [6.07, 6.45) is -0.471. The Morgan fingerprint density at radius 1 is 1.33 bits per heavy atom. The van der Waals surface area contributed by atoms with Gasteiger partial charge in [-0.1, -0.05) is 0 Å². The Morgan fingerprint density at radius 3 is 2.38 bits per heavy atom. The first kappa shape index (κ1) is 16.5. The van der Waals surface area contributed by atoms with Crippen molar-refractivity contribution in [2.24, 2.45) is 5.73 Å². The summed E-state index contributed by atoms with van der Waals surface area (Å²) in [6, 6.07) is -0.639. The number of carboxylic acid groups (broad SMARTS) is 1. The third kappa shape index (κ3) is 4.83. The lowest BCUT2D eigenvalue weighted by atomic mass is 10.1. The van der Waals surface area contributed by atoms with E-state index < -0.39 is 30.4 Å². The average Bonchev–Trinajstić information content (AvgIpc) is 2.66. The van der Waals surface area contributed by atoms with E-state index in [9.17, 15) is 14.4 Å². The number of nitrogens with two attached hydrogens (primary N) is 1. The van der Waals surface area contributed by atoms with Crippen LogP contribution < -0.4 is 16.4 Å². The zero-order valence-electron chi connectivity index (χ0n) is 12.1. The molecule has 21 heavy (non-hydrogen) atoms. The molecule has 2 atom stereocenters. The van der Waals surface area contributed by atoms with E-state index in [1.165, 1.54) is 0 Å². The monoisotopic (exact) mass is 297 g/mol. The lowest BCUT2D eigenvalue weighted by Crippen LogP contribution is -2.48. The van der Waals surface area contributed by atoms with Crippen LogP contribution in [0, 0.1) is 13.8 Å². The second kappa shape index (κ2) is 6.78. The Kier molecular flexibility index (Phi) is 5.34. The normalized spacial score (nSPS) is 13.3. The third-order valence-corrected chi connectivity index (χ3v) is 2.90. The molecule has 0 spiro atoms. The number of furan rings is 1. The van der Waals surface area contributed by atoms with Gasteiger partial charge in [-0.3, -0.25) is 4.79 Å². The van der Waals surface area contributed by atoms with Crippen molar-refractivity contribution in [2.45, 2.75) is 39.3 Å². The van der Waals surface area contributed by atoms with E-state index >= 15 is 0 Å². The number of urea groups is 1. The SMILES string of the molecule is Cc1cc(C(C)NC(=O)N[C@H](CC(N)=O)C(=O)O)c(C)o1. The molecule has 1 unspecified atom stereocenters. The molecule has 0 radical (unpaired) electrons. The Bertz CT molecular complexity index is 552. The van der Waals surface area contributed by atoms with Crippen LogP contribution in [-0.2, 0) is 9.59 Å². The van der Waals surface area contributed by atoms with Crippen LogP contribution in [0.1, 0.15) is 36.5 Å². The van der Waals surface area contributed by atoms with E-state index in [0.29, 0.717) is 11.5 Å². The average molecular weight is 297 g/mol. The van der Waals surface area contributed by atoms with Gasteiger partial charge in [0.1, 0.15) is 17.6 Å². The number of amides is 3. The van der Waals surface area contributed by atoms with E-state index in [4.69, 9.17) is 15.3 Å². The maximum atomic E-state index is 11.8. The number of nitrogens with one attached hydrogen (secondary N) is 2. The lowest BCUT2D eigenvalue weighted by molar-refractivity contribution is -0.140. The highest BCUT2D eigenvalue weighted by molar-refractivity contribution is 5.87. The second-order valence-corrected chi connectivity index (χ2v) is 4.77. The Labute approximate surface area is 121 Å². The van der Waals surface area contributed by atoms with Crippen molar-refractivity contribution in [2.75, 3.05) is 0 Å². The third-order valence-electron chi connectivity index (χ3n) is 2.90. The number of rotatable bonds is 6. The van der Waals surface area contributed by atoms with Crippen LogP contribution in [-0.4, -0.2) is 29.1 Å². The van der Waals surface area contributed by atoms with Gasteiger partial charge in [-0.2, -0.15) is 0 Å². The Hall–Kier alpha value is -2.51. The number of carbonyl (C=O) groups is 3. The maximum absolute atomic E-state index is 11.8. The number of carboxylic acids is 1. The molecule has 0 aliphatic rings. The summed E-state index contributed by atoms with van der Waals surface area (Å²) in [4.78, 5) is 33.5. The fourth-order valence-corrected chi connectivity index (χ4v) is 1.96. The number of primary amides is 1. The summed E-state index contributed by atoms with van der Waals surface area (Å²) in [7, 11) is 0. The molecule has 1 rings (SSSR count). The number of carbonyl (C=O) groups excluding carboxylic acids is 2. The molecule has 1 heterocycles. The quantitative estimate of drug-likeness (QED) is 0.609. The van der Waals surface area contributed by atoms with Crippen molar-refractivity contribution in [3.8, 4) is 0 Å². The molecule has 0 aliphatic heterocycles. The summed E-state index contributed by atoms with van der Waals surface area (Å²) >= 11 is 0. The van der Waals surface area contributed by atoms with Crippen molar-refractivity contribution >= 4 is 17.9 Å². The first-order valence-electron chi connectivity index (χ1n) is 6.35. The van der Waals surface area contributed by atoms with Crippen molar-refractivity contribution in [1.82, 2.24) is 10.6 Å².